The van der Waals surface area contributed by atoms with Crippen molar-refractivity contribution in [2.75, 3.05) is 32.1 Å². The van der Waals surface area contributed by atoms with Gasteiger partial charge in [0.1, 0.15) is 11.3 Å². The van der Waals surface area contributed by atoms with Gasteiger partial charge in [0.15, 0.2) is 0 Å². The lowest BCUT2D eigenvalue weighted by Gasteiger charge is -2.40. The summed E-state index contributed by atoms with van der Waals surface area (Å²) in [7, 11) is 3.74. The van der Waals surface area contributed by atoms with E-state index >= 15 is 0 Å². The van der Waals surface area contributed by atoms with Crippen molar-refractivity contribution in [1.82, 2.24) is 14.9 Å². The molecule has 1 N–H and O–H groups in total. The van der Waals surface area contributed by atoms with Gasteiger partial charge in [0.25, 0.3) is 11.5 Å². The number of piperidine rings is 1. The molecular formula is C23H26N4O3. The average Bonchev–Trinajstić information content (AvgIpc) is 3.27. The van der Waals surface area contributed by atoms with Crippen LogP contribution in [0.4, 0.5) is 5.95 Å². The maximum absolute atomic E-state index is 13.5. The first-order valence-corrected chi connectivity index (χ1v) is 10.5. The Kier molecular flexibility index (Phi) is 4.24. The van der Waals surface area contributed by atoms with Gasteiger partial charge in [0, 0.05) is 43.5 Å². The van der Waals surface area contributed by atoms with Crippen LogP contribution in [0, 0.1) is 6.92 Å². The van der Waals surface area contributed by atoms with Crippen LogP contribution in [0.15, 0.2) is 33.5 Å². The summed E-state index contributed by atoms with van der Waals surface area (Å²) >= 11 is 0. The SMILES string of the molecule is Cc1cc2cccc(C(=O)N3CCCC4(CCc5c4nc(N(C)C)[nH]c5=O)C3)c2o1. The van der Waals surface area contributed by atoms with Gasteiger partial charge >= 0.3 is 0 Å². The summed E-state index contributed by atoms with van der Waals surface area (Å²) in [6.07, 6.45) is 3.39. The number of amides is 1. The molecule has 7 nitrogen and oxygen atoms in total. The number of carbonyl (C=O) groups excluding carboxylic acids is 1. The third-order valence-electron chi connectivity index (χ3n) is 6.54. The first-order chi connectivity index (χ1) is 14.4. The zero-order valence-corrected chi connectivity index (χ0v) is 17.6. The van der Waals surface area contributed by atoms with E-state index in [0.29, 0.717) is 36.6 Å². The molecule has 1 aliphatic heterocycles. The second kappa shape index (κ2) is 6.72. The van der Waals surface area contributed by atoms with Crippen LogP contribution in [0.25, 0.3) is 11.0 Å². The number of anilines is 1. The van der Waals surface area contributed by atoms with Crippen molar-refractivity contribution in [3.63, 3.8) is 0 Å². The molecule has 30 heavy (non-hydrogen) atoms. The van der Waals surface area contributed by atoms with Crippen LogP contribution in [0.2, 0.25) is 0 Å². The molecule has 7 heteroatoms. The number of aromatic nitrogens is 2. The highest BCUT2D eigenvalue weighted by atomic mass is 16.3. The number of fused-ring (bicyclic) bond motifs is 3. The molecule has 2 aromatic heterocycles. The molecule has 2 aliphatic rings. The molecule has 1 aliphatic carbocycles. The summed E-state index contributed by atoms with van der Waals surface area (Å²) in [6, 6.07) is 7.66. The average molecular weight is 406 g/mol. The summed E-state index contributed by atoms with van der Waals surface area (Å²) in [5.41, 5.74) is 2.59. The number of H-pyrrole nitrogens is 1. The first kappa shape index (κ1) is 18.9. The van der Waals surface area contributed by atoms with Gasteiger partial charge in [-0.25, -0.2) is 4.98 Å². The summed E-state index contributed by atoms with van der Waals surface area (Å²) in [5.74, 6) is 1.35. The van der Waals surface area contributed by atoms with Crippen molar-refractivity contribution in [2.24, 2.45) is 0 Å². The maximum Gasteiger partial charge on any atom is 0.257 e. The Morgan fingerprint density at radius 1 is 1.30 bits per heavy atom. The van der Waals surface area contributed by atoms with Crippen molar-refractivity contribution < 1.29 is 9.21 Å². The lowest BCUT2D eigenvalue weighted by atomic mass is 9.77. The Balaban J connectivity index is 1.52. The van der Waals surface area contributed by atoms with E-state index in [0.717, 1.165) is 41.7 Å². The van der Waals surface area contributed by atoms with E-state index in [4.69, 9.17) is 9.40 Å². The molecule has 0 saturated carbocycles. The van der Waals surface area contributed by atoms with Gasteiger partial charge in [-0.15, -0.1) is 0 Å². The predicted octanol–water partition coefficient (Wildman–Crippen LogP) is 3.01. The number of aryl methyl sites for hydroxylation is 1. The number of hydrogen-bond acceptors (Lipinski definition) is 5. The van der Waals surface area contributed by atoms with Gasteiger partial charge in [-0.2, -0.15) is 0 Å². The Morgan fingerprint density at radius 2 is 2.13 bits per heavy atom. The maximum atomic E-state index is 13.5. The molecule has 1 amide bonds. The standard InChI is InChI=1S/C23H26N4O3/c1-14-12-15-6-4-7-16(18(15)30-14)21(29)27-11-5-9-23(13-27)10-8-17-19(23)24-22(26(2)3)25-20(17)28/h4,6-7,12H,5,8-11,13H2,1-3H3,(H,24,25,28). The van der Waals surface area contributed by atoms with E-state index in [1.807, 2.05) is 55.1 Å². The van der Waals surface area contributed by atoms with E-state index < -0.39 is 0 Å². The van der Waals surface area contributed by atoms with E-state index in [-0.39, 0.29) is 16.9 Å². The minimum Gasteiger partial charge on any atom is -0.461 e. The first-order valence-electron chi connectivity index (χ1n) is 10.5. The van der Waals surface area contributed by atoms with Gasteiger partial charge in [0.05, 0.1) is 11.3 Å². The van der Waals surface area contributed by atoms with Crippen LogP contribution in [0.1, 0.15) is 46.6 Å². The molecular weight excluding hydrogens is 380 g/mol. The fraction of sp³-hybridized carbons (Fsp3) is 0.435. The predicted molar refractivity (Wildman–Crippen MR) is 115 cm³/mol. The van der Waals surface area contributed by atoms with Crippen LogP contribution in [0.3, 0.4) is 0 Å². The normalized spacial score (nSPS) is 20.7. The fourth-order valence-corrected chi connectivity index (χ4v) is 5.08. The third kappa shape index (κ3) is 2.83. The minimum atomic E-state index is -0.255. The molecule has 0 radical (unpaired) electrons. The summed E-state index contributed by atoms with van der Waals surface area (Å²) in [4.78, 5) is 37.6. The number of nitrogens with zero attached hydrogens (tertiary/aromatic N) is 3. The Morgan fingerprint density at radius 3 is 2.93 bits per heavy atom. The number of benzene rings is 1. The van der Waals surface area contributed by atoms with Crippen LogP contribution < -0.4 is 10.5 Å². The van der Waals surface area contributed by atoms with Gasteiger partial charge in [0.2, 0.25) is 5.95 Å². The second-order valence-electron chi connectivity index (χ2n) is 8.80. The zero-order chi connectivity index (χ0) is 21.0. The lowest BCUT2D eigenvalue weighted by molar-refractivity contribution is 0.0634. The highest BCUT2D eigenvalue weighted by Crippen LogP contribution is 2.43. The Labute approximate surface area is 174 Å². The molecule has 1 spiro atoms. The lowest BCUT2D eigenvalue weighted by Crippen LogP contribution is -2.48. The zero-order valence-electron chi connectivity index (χ0n) is 17.6. The number of aromatic amines is 1. The molecule has 1 unspecified atom stereocenters. The van der Waals surface area contributed by atoms with Crippen molar-refractivity contribution >= 4 is 22.8 Å². The monoisotopic (exact) mass is 406 g/mol. The second-order valence-corrected chi connectivity index (χ2v) is 8.80. The molecule has 1 aromatic carbocycles. The molecule has 3 heterocycles. The fourth-order valence-electron chi connectivity index (χ4n) is 5.08. The summed E-state index contributed by atoms with van der Waals surface area (Å²) in [6.45, 7) is 3.18. The number of rotatable bonds is 2. The third-order valence-corrected chi connectivity index (χ3v) is 6.54. The van der Waals surface area contributed by atoms with Gasteiger partial charge in [-0.3, -0.25) is 14.6 Å². The van der Waals surface area contributed by atoms with Crippen molar-refractivity contribution in [3.05, 3.63) is 57.2 Å². The molecule has 0 bridgehead atoms. The van der Waals surface area contributed by atoms with Gasteiger partial charge < -0.3 is 14.2 Å². The smallest absolute Gasteiger partial charge is 0.257 e. The Hall–Kier alpha value is -3.09. The largest absolute Gasteiger partial charge is 0.461 e. The molecule has 1 saturated heterocycles. The highest BCUT2D eigenvalue weighted by Gasteiger charge is 2.46. The number of furan rings is 1. The van der Waals surface area contributed by atoms with E-state index in [9.17, 15) is 9.59 Å². The number of nitrogens with one attached hydrogen (secondary N) is 1. The van der Waals surface area contributed by atoms with Crippen molar-refractivity contribution in [2.45, 2.75) is 38.0 Å². The topological polar surface area (TPSA) is 82.4 Å². The van der Waals surface area contributed by atoms with E-state index in [1.54, 1.807) is 0 Å². The van der Waals surface area contributed by atoms with E-state index in [2.05, 4.69) is 4.98 Å². The molecule has 5 rings (SSSR count). The molecule has 1 fully saturated rings. The van der Waals surface area contributed by atoms with Gasteiger partial charge in [-0.05, 0) is 44.7 Å². The minimum absolute atomic E-state index is 0.0138. The van der Waals surface area contributed by atoms with Crippen LogP contribution in [0.5, 0.6) is 0 Å². The van der Waals surface area contributed by atoms with Crippen molar-refractivity contribution in [1.29, 1.82) is 0 Å². The van der Waals surface area contributed by atoms with Crippen LogP contribution in [-0.4, -0.2) is 48.0 Å². The molecule has 1 atom stereocenters. The van der Waals surface area contributed by atoms with Crippen LogP contribution in [-0.2, 0) is 11.8 Å². The van der Waals surface area contributed by atoms with E-state index in [1.165, 1.54) is 0 Å². The highest BCUT2D eigenvalue weighted by molar-refractivity contribution is 6.05. The number of para-hydroxylation sites is 1. The quantitative estimate of drug-likeness (QED) is 0.707. The summed E-state index contributed by atoms with van der Waals surface area (Å²) < 4.78 is 5.83. The van der Waals surface area contributed by atoms with Crippen molar-refractivity contribution in [3.8, 4) is 0 Å². The molecule has 156 valence electrons. The van der Waals surface area contributed by atoms with Crippen LogP contribution >= 0.6 is 0 Å². The number of carbonyl (C=O) groups is 1. The van der Waals surface area contributed by atoms with Gasteiger partial charge in [-0.1, -0.05) is 12.1 Å². The summed E-state index contributed by atoms with van der Waals surface area (Å²) in [5, 5.41) is 0.945. The molecule has 3 aromatic rings. The number of hydrogen-bond donors (Lipinski definition) is 1. The number of likely N-dealkylation sites (tertiary alicyclic amines) is 1. The Bertz CT molecular complexity index is 1210.